The number of aliphatic hydroxyl groups is 2. The van der Waals surface area contributed by atoms with E-state index in [0.717, 1.165) is 11.3 Å². The topological polar surface area (TPSA) is 79.2 Å². The summed E-state index contributed by atoms with van der Waals surface area (Å²) in [7, 11) is 1.48. The van der Waals surface area contributed by atoms with Gasteiger partial charge in [0, 0.05) is 18.4 Å². The van der Waals surface area contributed by atoms with Crippen LogP contribution >= 0.6 is 22.6 Å². The Morgan fingerprint density at radius 2 is 1.87 bits per heavy atom. The number of rotatable bonds is 10. The molecule has 0 heterocycles. The summed E-state index contributed by atoms with van der Waals surface area (Å²) >= 11 is 2.00. The highest BCUT2D eigenvalue weighted by Gasteiger charge is 2.14. The molecule has 5 nitrogen and oxygen atoms in total. The molecule has 162 valence electrons. The predicted molar refractivity (Wildman–Crippen MR) is 126 cm³/mol. The second kappa shape index (κ2) is 12.0. The first-order valence-corrected chi connectivity index (χ1v) is 10.9. The highest BCUT2D eigenvalue weighted by molar-refractivity contribution is 14.1. The first-order valence-electron chi connectivity index (χ1n) is 9.85. The number of halogens is 1. The van der Waals surface area contributed by atoms with Crippen molar-refractivity contribution in [3.8, 4) is 17.2 Å². The van der Waals surface area contributed by atoms with E-state index in [4.69, 9.17) is 9.47 Å². The van der Waals surface area contributed by atoms with Crippen molar-refractivity contribution < 1.29 is 24.8 Å². The molecule has 0 spiro atoms. The summed E-state index contributed by atoms with van der Waals surface area (Å²) in [5, 5.41) is 30.8. The second-order valence-corrected chi connectivity index (χ2v) is 8.54. The molecule has 0 aromatic heterocycles. The van der Waals surface area contributed by atoms with Crippen LogP contribution in [0.2, 0.25) is 0 Å². The molecule has 2 atom stereocenters. The van der Waals surface area contributed by atoms with Gasteiger partial charge < -0.3 is 24.8 Å². The van der Waals surface area contributed by atoms with Crippen molar-refractivity contribution in [2.24, 2.45) is 5.92 Å². The first kappa shape index (κ1) is 24.3. The van der Waals surface area contributed by atoms with Crippen LogP contribution in [-0.2, 0) is 0 Å². The SMILES string of the molecule is COc1cc([C@H](O)CC=C=C(COc2ccccc2)C[C@@H](O)C(C)C)cc(I)c1O. The Hall–Kier alpha value is -1.99. The van der Waals surface area contributed by atoms with Gasteiger partial charge in [-0.15, -0.1) is 5.73 Å². The van der Waals surface area contributed by atoms with Gasteiger partial charge in [0.15, 0.2) is 11.5 Å². The molecule has 0 aliphatic carbocycles. The molecule has 2 rings (SSSR count). The Morgan fingerprint density at radius 1 is 1.17 bits per heavy atom. The lowest BCUT2D eigenvalue weighted by atomic mass is 9.99. The molecule has 0 saturated carbocycles. The smallest absolute Gasteiger partial charge is 0.171 e. The molecule has 6 heteroatoms. The number of benzene rings is 2. The number of phenolic OH excluding ortho intramolecular Hbond substituents is 1. The van der Waals surface area contributed by atoms with E-state index in [0.29, 0.717) is 34.3 Å². The lowest BCUT2D eigenvalue weighted by molar-refractivity contribution is 0.122. The largest absolute Gasteiger partial charge is 0.504 e. The zero-order valence-electron chi connectivity index (χ0n) is 17.5. The molecule has 0 fully saturated rings. The number of aromatic hydroxyl groups is 1. The van der Waals surface area contributed by atoms with Crippen LogP contribution in [-0.4, -0.2) is 35.1 Å². The number of ether oxygens (including phenoxy) is 2. The van der Waals surface area contributed by atoms with E-state index >= 15 is 0 Å². The number of aliphatic hydroxyl groups excluding tert-OH is 2. The highest BCUT2D eigenvalue weighted by Crippen LogP contribution is 2.35. The Morgan fingerprint density at radius 3 is 2.50 bits per heavy atom. The normalized spacial score (nSPS) is 12.8. The van der Waals surface area contributed by atoms with E-state index in [2.05, 4.69) is 5.73 Å². The maximum absolute atomic E-state index is 10.5. The molecule has 0 saturated heterocycles. The number of para-hydroxylation sites is 1. The average molecular weight is 524 g/mol. The fraction of sp³-hybridized carbons (Fsp3) is 0.375. The molecular formula is C24H29IO5. The summed E-state index contributed by atoms with van der Waals surface area (Å²) in [5.74, 6) is 1.26. The van der Waals surface area contributed by atoms with Crippen molar-refractivity contribution in [3.05, 3.63) is 69.0 Å². The molecule has 3 N–H and O–H groups in total. The van der Waals surface area contributed by atoms with Crippen LogP contribution in [0.15, 0.2) is 59.8 Å². The summed E-state index contributed by atoms with van der Waals surface area (Å²) in [6.07, 6.45) is 1.27. The summed E-state index contributed by atoms with van der Waals surface area (Å²) in [6, 6.07) is 12.8. The van der Waals surface area contributed by atoms with E-state index in [1.165, 1.54) is 7.11 Å². The lowest BCUT2D eigenvalue weighted by Crippen LogP contribution is -2.17. The van der Waals surface area contributed by atoms with E-state index in [9.17, 15) is 15.3 Å². The zero-order chi connectivity index (χ0) is 22.1. The average Bonchev–Trinajstić information content (AvgIpc) is 2.74. The minimum absolute atomic E-state index is 0.0625. The zero-order valence-corrected chi connectivity index (χ0v) is 19.7. The van der Waals surface area contributed by atoms with Crippen molar-refractivity contribution in [3.63, 3.8) is 0 Å². The number of phenols is 1. The molecule has 30 heavy (non-hydrogen) atoms. The standard InChI is InChI=1S/C24H29IO5/c1-16(2)22(27)12-17(15-30-19-9-5-4-6-10-19)8-7-11-21(26)18-13-20(25)24(28)23(14-18)29-3/h4-7,9-10,13-14,16,21-22,26-28H,11-12,15H2,1-3H3/t8?,21-,22-/m1/s1. The summed E-state index contributed by atoms with van der Waals surface area (Å²) in [6.45, 7) is 4.24. The predicted octanol–water partition coefficient (Wildman–Crippen LogP) is 5.00. The van der Waals surface area contributed by atoms with Crippen LogP contribution in [0.1, 0.15) is 38.4 Å². The number of hydrogen-bond acceptors (Lipinski definition) is 5. The molecular weight excluding hydrogens is 495 g/mol. The van der Waals surface area contributed by atoms with Crippen molar-refractivity contribution >= 4 is 22.6 Å². The van der Waals surface area contributed by atoms with Crippen molar-refractivity contribution in [2.75, 3.05) is 13.7 Å². The number of methoxy groups -OCH3 is 1. The quantitative estimate of drug-likeness (QED) is 0.301. The van der Waals surface area contributed by atoms with Gasteiger partial charge in [-0.25, -0.2) is 0 Å². The molecule has 0 bridgehead atoms. The molecule has 0 unspecified atom stereocenters. The summed E-state index contributed by atoms with van der Waals surface area (Å²) in [5.41, 5.74) is 4.67. The molecule has 2 aromatic carbocycles. The van der Waals surface area contributed by atoms with Crippen LogP contribution in [0.4, 0.5) is 0 Å². The maximum Gasteiger partial charge on any atom is 0.171 e. The van der Waals surface area contributed by atoms with Crippen LogP contribution in [0.25, 0.3) is 0 Å². The Balaban J connectivity index is 2.14. The molecule has 0 amide bonds. The van der Waals surface area contributed by atoms with Crippen LogP contribution in [0.3, 0.4) is 0 Å². The maximum atomic E-state index is 10.5. The Bertz CT molecular complexity index is 873. The van der Waals surface area contributed by atoms with E-state index < -0.39 is 12.2 Å². The van der Waals surface area contributed by atoms with Crippen molar-refractivity contribution in [1.29, 1.82) is 0 Å². The van der Waals surface area contributed by atoms with Gasteiger partial charge in [0.1, 0.15) is 12.4 Å². The van der Waals surface area contributed by atoms with Gasteiger partial charge in [-0.3, -0.25) is 0 Å². The summed E-state index contributed by atoms with van der Waals surface area (Å²) < 4.78 is 11.6. The Kier molecular flexibility index (Phi) is 9.72. The minimum atomic E-state index is -0.771. The lowest BCUT2D eigenvalue weighted by Gasteiger charge is -2.16. The van der Waals surface area contributed by atoms with Gasteiger partial charge >= 0.3 is 0 Å². The Labute approximate surface area is 191 Å². The fourth-order valence-corrected chi connectivity index (χ4v) is 3.35. The van der Waals surface area contributed by atoms with Gasteiger partial charge in [0.25, 0.3) is 0 Å². The van der Waals surface area contributed by atoms with Gasteiger partial charge in [0.05, 0.1) is 22.9 Å². The van der Waals surface area contributed by atoms with E-state index in [1.807, 2.05) is 66.8 Å². The van der Waals surface area contributed by atoms with Crippen molar-refractivity contribution in [1.82, 2.24) is 0 Å². The van der Waals surface area contributed by atoms with Crippen LogP contribution in [0.5, 0.6) is 17.2 Å². The minimum Gasteiger partial charge on any atom is -0.504 e. The second-order valence-electron chi connectivity index (χ2n) is 7.37. The van der Waals surface area contributed by atoms with E-state index in [1.54, 1.807) is 18.2 Å². The van der Waals surface area contributed by atoms with Crippen LogP contribution in [0, 0.1) is 9.49 Å². The third-order valence-corrected chi connectivity index (χ3v) is 5.51. The fourth-order valence-electron chi connectivity index (χ4n) is 2.73. The third kappa shape index (κ3) is 7.36. The summed E-state index contributed by atoms with van der Waals surface area (Å²) in [4.78, 5) is 0. The monoisotopic (exact) mass is 524 g/mol. The van der Waals surface area contributed by atoms with Gasteiger partial charge in [-0.05, 0) is 64.4 Å². The molecule has 0 aliphatic rings. The third-order valence-electron chi connectivity index (χ3n) is 4.68. The van der Waals surface area contributed by atoms with Crippen LogP contribution < -0.4 is 9.47 Å². The molecule has 0 aliphatic heterocycles. The molecule has 2 aromatic rings. The highest BCUT2D eigenvalue weighted by atomic mass is 127. The number of hydrogen-bond donors (Lipinski definition) is 3. The van der Waals surface area contributed by atoms with Gasteiger partial charge in [0.2, 0.25) is 0 Å². The van der Waals surface area contributed by atoms with E-state index in [-0.39, 0.29) is 11.7 Å². The van der Waals surface area contributed by atoms with Gasteiger partial charge in [-0.1, -0.05) is 32.0 Å². The van der Waals surface area contributed by atoms with Crippen molar-refractivity contribution in [2.45, 2.75) is 38.9 Å². The van der Waals surface area contributed by atoms with Gasteiger partial charge in [-0.2, -0.15) is 0 Å². The molecule has 0 radical (unpaired) electrons. The first-order chi connectivity index (χ1) is 14.3.